The molecule has 1 aromatic heterocycles. The number of nitrogens with one attached hydrogen (secondary N) is 1. The highest BCUT2D eigenvalue weighted by Crippen LogP contribution is 2.23. The first-order valence-corrected chi connectivity index (χ1v) is 8.67. The molecule has 0 fully saturated rings. The van der Waals surface area contributed by atoms with Gasteiger partial charge in [0, 0.05) is 18.9 Å². The van der Waals surface area contributed by atoms with Gasteiger partial charge in [-0.15, -0.1) is 0 Å². The van der Waals surface area contributed by atoms with Gasteiger partial charge in [0.15, 0.2) is 0 Å². The lowest BCUT2D eigenvalue weighted by atomic mass is 10.2. The zero-order chi connectivity index (χ0) is 15.3. The molecule has 0 unspecified atom stereocenters. The van der Waals surface area contributed by atoms with Crippen molar-refractivity contribution >= 4 is 33.2 Å². The van der Waals surface area contributed by atoms with Crippen LogP contribution in [0.15, 0.2) is 42.7 Å². The van der Waals surface area contributed by atoms with Gasteiger partial charge < -0.3 is 0 Å². The van der Waals surface area contributed by atoms with Crippen molar-refractivity contribution < 1.29 is 8.42 Å². The Morgan fingerprint density at radius 3 is 2.57 bits per heavy atom. The fourth-order valence-electron chi connectivity index (χ4n) is 1.80. The third-order valence-electron chi connectivity index (χ3n) is 2.80. The molecule has 0 aliphatic carbocycles. The van der Waals surface area contributed by atoms with Crippen molar-refractivity contribution in [3.8, 4) is 0 Å². The van der Waals surface area contributed by atoms with Crippen molar-refractivity contribution in [1.82, 2.24) is 9.71 Å². The Morgan fingerprint density at radius 2 is 1.90 bits per heavy atom. The number of halogens is 2. The molecule has 0 aliphatic rings. The number of rotatable bonds is 6. The van der Waals surface area contributed by atoms with E-state index < -0.39 is 10.0 Å². The summed E-state index contributed by atoms with van der Waals surface area (Å²) in [6.45, 7) is 0.329. The van der Waals surface area contributed by atoms with E-state index in [9.17, 15) is 8.42 Å². The van der Waals surface area contributed by atoms with Crippen LogP contribution in [0.25, 0.3) is 0 Å². The molecule has 2 rings (SSSR count). The maximum absolute atomic E-state index is 12.0. The Morgan fingerprint density at radius 1 is 1.10 bits per heavy atom. The van der Waals surface area contributed by atoms with Crippen molar-refractivity contribution in [2.45, 2.75) is 12.2 Å². The second-order valence-electron chi connectivity index (χ2n) is 4.51. The van der Waals surface area contributed by atoms with Gasteiger partial charge in [-0.05, 0) is 35.7 Å². The molecular formula is C14H14Cl2N2O2S. The maximum Gasteiger partial charge on any atom is 0.215 e. The van der Waals surface area contributed by atoms with Gasteiger partial charge in [0.05, 0.1) is 15.8 Å². The van der Waals surface area contributed by atoms with E-state index in [0.717, 1.165) is 5.56 Å². The van der Waals surface area contributed by atoms with Crippen LogP contribution in [0, 0.1) is 0 Å². The first-order chi connectivity index (χ1) is 9.96. The van der Waals surface area contributed by atoms with Gasteiger partial charge in [-0.2, -0.15) is 0 Å². The molecule has 7 heteroatoms. The fourth-order valence-corrected chi connectivity index (χ4v) is 3.25. The molecule has 1 aromatic carbocycles. The highest BCUT2D eigenvalue weighted by Gasteiger charge is 2.12. The highest BCUT2D eigenvalue weighted by molar-refractivity contribution is 7.88. The number of hydrogen-bond acceptors (Lipinski definition) is 3. The van der Waals surface area contributed by atoms with Gasteiger partial charge in [0.1, 0.15) is 0 Å². The second-order valence-corrected chi connectivity index (χ2v) is 7.13. The molecule has 112 valence electrons. The van der Waals surface area contributed by atoms with E-state index in [-0.39, 0.29) is 5.75 Å². The Balaban J connectivity index is 1.91. The highest BCUT2D eigenvalue weighted by atomic mass is 35.5. The monoisotopic (exact) mass is 344 g/mol. The van der Waals surface area contributed by atoms with Gasteiger partial charge in [-0.3, -0.25) is 4.98 Å². The van der Waals surface area contributed by atoms with Crippen LogP contribution in [0.1, 0.15) is 11.1 Å². The van der Waals surface area contributed by atoms with Crippen molar-refractivity contribution in [3.63, 3.8) is 0 Å². The number of sulfonamides is 1. The predicted molar refractivity (Wildman–Crippen MR) is 85.0 cm³/mol. The fraction of sp³-hybridized carbons (Fsp3) is 0.214. The van der Waals surface area contributed by atoms with Gasteiger partial charge in [0.25, 0.3) is 0 Å². The summed E-state index contributed by atoms with van der Waals surface area (Å²) in [4.78, 5) is 3.98. The summed E-state index contributed by atoms with van der Waals surface area (Å²) in [5, 5.41) is 0.752. The molecule has 1 N–H and O–H groups in total. The summed E-state index contributed by atoms with van der Waals surface area (Å²) in [6, 6.07) is 8.52. The molecular weight excluding hydrogens is 331 g/mol. The maximum atomic E-state index is 12.0. The SMILES string of the molecule is O=S(=O)(Cc1ccc(Cl)c(Cl)c1)NCCc1cccnc1. The minimum Gasteiger partial charge on any atom is -0.264 e. The molecule has 0 bridgehead atoms. The summed E-state index contributed by atoms with van der Waals surface area (Å²) in [7, 11) is -3.41. The summed E-state index contributed by atoms with van der Waals surface area (Å²) >= 11 is 11.7. The standard InChI is InChI=1S/C14H14Cl2N2O2S/c15-13-4-3-12(8-14(13)16)10-21(19,20)18-7-5-11-2-1-6-17-9-11/h1-4,6,8-9,18H,5,7,10H2. The summed E-state index contributed by atoms with van der Waals surface area (Å²) in [6.07, 6.45) is 3.99. The second kappa shape index (κ2) is 7.22. The summed E-state index contributed by atoms with van der Waals surface area (Å²) in [5.74, 6) is -0.128. The first-order valence-electron chi connectivity index (χ1n) is 6.26. The van der Waals surface area contributed by atoms with Crippen LogP contribution in [-0.4, -0.2) is 19.9 Å². The summed E-state index contributed by atoms with van der Waals surface area (Å²) in [5.41, 5.74) is 1.58. The predicted octanol–water partition coefficient (Wildman–Crippen LogP) is 3.05. The lowest BCUT2D eigenvalue weighted by molar-refractivity contribution is 0.580. The van der Waals surface area contributed by atoms with Gasteiger partial charge in [0.2, 0.25) is 10.0 Å². The minimum absolute atomic E-state index is 0.128. The molecule has 0 spiro atoms. The average molecular weight is 345 g/mol. The van der Waals surface area contributed by atoms with Crippen LogP contribution in [0.5, 0.6) is 0 Å². The van der Waals surface area contributed by atoms with Crippen LogP contribution in [-0.2, 0) is 22.2 Å². The van der Waals surface area contributed by atoms with Crippen LogP contribution in [0.2, 0.25) is 10.0 Å². The van der Waals surface area contributed by atoms with Crippen molar-refractivity contribution in [1.29, 1.82) is 0 Å². The molecule has 4 nitrogen and oxygen atoms in total. The van der Waals surface area contributed by atoms with Gasteiger partial charge >= 0.3 is 0 Å². The van der Waals surface area contributed by atoms with Gasteiger partial charge in [-0.25, -0.2) is 13.1 Å². The number of aromatic nitrogens is 1. The third kappa shape index (κ3) is 5.28. The lowest BCUT2D eigenvalue weighted by Crippen LogP contribution is -2.27. The Bertz CT molecular complexity index is 706. The molecule has 1 heterocycles. The number of benzene rings is 1. The molecule has 0 amide bonds. The zero-order valence-electron chi connectivity index (χ0n) is 11.1. The normalized spacial score (nSPS) is 11.5. The molecule has 2 aromatic rings. The van der Waals surface area contributed by atoms with E-state index in [0.29, 0.717) is 28.6 Å². The zero-order valence-corrected chi connectivity index (χ0v) is 13.4. The largest absolute Gasteiger partial charge is 0.264 e. The van der Waals surface area contributed by atoms with Crippen molar-refractivity contribution in [2.24, 2.45) is 0 Å². The van der Waals surface area contributed by atoms with Crippen LogP contribution in [0.3, 0.4) is 0 Å². The molecule has 0 aliphatic heterocycles. The lowest BCUT2D eigenvalue weighted by Gasteiger charge is -2.07. The van der Waals surface area contributed by atoms with E-state index in [1.54, 1.807) is 30.6 Å². The van der Waals surface area contributed by atoms with Crippen LogP contribution < -0.4 is 4.72 Å². The van der Waals surface area contributed by atoms with E-state index in [1.807, 2.05) is 12.1 Å². The number of pyridine rings is 1. The topological polar surface area (TPSA) is 59.1 Å². The Hall–Kier alpha value is -1.14. The van der Waals surface area contributed by atoms with Crippen LogP contribution >= 0.6 is 23.2 Å². The first kappa shape index (κ1) is 16.2. The quantitative estimate of drug-likeness (QED) is 0.875. The Labute approximate surface area is 134 Å². The van der Waals surface area contributed by atoms with E-state index in [2.05, 4.69) is 9.71 Å². The van der Waals surface area contributed by atoms with Crippen molar-refractivity contribution in [3.05, 3.63) is 63.9 Å². The Kier molecular flexibility index (Phi) is 5.58. The van der Waals surface area contributed by atoms with E-state index in [4.69, 9.17) is 23.2 Å². The molecule has 21 heavy (non-hydrogen) atoms. The minimum atomic E-state index is -3.41. The van der Waals surface area contributed by atoms with Crippen molar-refractivity contribution in [2.75, 3.05) is 6.54 Å². The average Bonchev–Trinajstić information content (AvgIpc) is 2.43. The number of hydrogen-bond donors (Lipinski definition) is 1. The number of nitrogens with zero attached hydrogens (tertiary/aromatic N) is 1. The molecule has 0 atom stereocenters. The molecule has 0 saturated carbocycles. The smallest absolute Gasteiger partial charge is 0.215 e. The van der Waals surface area contributed by atoms with Crippen LogP contribution in [0.4, 0.5) is 0 Å². The van der Waals surface area contributed by atoms with E-state index in [1.165, 1.54) is 0 Å². The van der Waals surface area contributed by atoms with Gasteiger partial charge in [-0.1, -0.05) is 35.3 Å². The van der Waals surface area contributed by atoms with E-state index >= 15 is 0 Å². The summed E-state index contributed by atoms with van der Waals surface area (Å²) < 4.78 is 26.5. The third-order valence-corrected chi connectivity index (χ3v) is 4.90. The molecule has 0 radical (unpaired) electrons. The molecule has 0 saturated heterocycles.